The predicted molar refractivity (Wildman–Crippen MR) is 167 cm³/mol. The average Bonchev–Trinajstić information content (AvgIpc) is 3.33. The van der Waals surface area contributed by atoms with E-state index >= 15 is 0 Å². The molecule has 7 heteroatoms. The molecule has 0 radical (unpaired) electrons. The van der Waals surface area contributed by atoms with Gasteiger partial charge in [-0.15, -0.1) is 0 Å². The zero-order valence-electron chi connectivity index (χ0n) is 26.0. The fraction of sp³-hybridized carbons (Fsp3) is 0.559. The maximum Gasteiger partial charge on any atom is 0.237 e. The monoisotopic (exact) mass is 565 g/mol. The summed E-state index contributed by atoms with van der Waals surface area (Å²) >= 11 is 0. The van der Waals surface area contributed by atoms with Gasteiger partial charge in [0.15, 0.2) is 0 Å². The molecule has 2 aromatic carbocycles. The number of aromatic nitrogens is 1. The van der Waals surface area contributed by atoms with Gasteiger partial charge in [-0.1, -0.05) is 77.1 Å². The van der Waals surface area contributed by atoms with Crippen molar-refractivity contribution in [2.75, 3.05) is 53.1 Å². The lowest BCUT2D eigenvalue weighted by Crippen LogP contribution is -2.44. The number of nitrogens with one attached hydrogen (secondary N) is 1. The number of H-pyrrole nitrogens is 1. The molecule has 7 nitrogen and oxygen atoms in total. The van der Waals surface area contributed by atoms with E-state index in [1.807, 2.05) is 21.9 Å². The molecule has 0 fully saturated rings. The van der Waals surface area contributed by atoms with Crippen LogP contribution in [0.2, 0.25) is 0 Å². The van der Waals surface area contributed by atoms with Crippen LogP contribution in [0.3, 0.4) is 0 Å². The molecule has 0 unspecified atom stereocenters. The Bertz CT molecular complexity index is 1180. The number of aliphatic hydroxyl groups is 1. The van der Waals surface area contributed by atoms with Gasteiger partial charge in [0.2, 0.25) is 5.91 Å². The van der Waals surface area contributed by atoms with Crippen LogP contribution in [0.5, 0.6) is 0 Å². The Morgan fingerprint density at radius 1 is 1.02 bits per heavy atom. The van der Waals surface area contributed by atoms with E-state index in [0.29, 0.717) is 45.3 Å². The van der Waals surface area contributed by atoms with Crippen molar-refractivity contribution in [2.24, 2.45) is 5.92 Å². The van der Waals surface area contributed by atoms with Crippen molar-refractivity contribution in [1.82, 2.24) is 14.8 Å². The van der Waals surface area contributed by atoms with Crippen molar-refractivity contribution >= 4 is 16.8 Å². The molecular weight excluding hydrogens is 514 g/mol. The van der Waals surface area contributed by atoms with Gasteiger partial charge >= 0.3 is 0 Å². The zero-order chi connectivity index (χ0) is 29.8. The number of hydrogen-bond acceptors (Lipinski definition) is 5. The van der Waals surface area contributed by atoms with Crippen molar-refractivity contribution in [2.45, 2.75) is 65.5 Å². The summed E-state index contributed by atoms with van der Waals surface area (Å²) < 4.78 is 10.9. The molecule has 0 saturated carbocycles. The van der Waals surface area contributed by atoms with Crippen molar-refractivity contribution in [1.29, 1.82) is 0 Å². The van der Waals surface area contributed by atoms with E-state index in [1.54, 1.807) is 7.11 Å². The highest BCUT2D eigenvalue weighted by atomic mass is 16.5. The van der Waals surface area contributed by atoms with Crippen LogP contribution in [0.4, 0.5) is 0 Å². The van der Waals surface area contributed by atoms with Gasteiger partial charge in [-0.05, 0) is 46.9 Å². The Morgan fingerprint density at radius 3 is 2.44 bits per heavy atom. The number of aliphatic hydroxyl groups excluding tert-OH is 1. The van der Waals surface area contributed by atoms with E-state index in [9.17, 15) is 9.90 Å². The minimum Gasteiger partial charge on any atom is -0.389 e. The summed E-state index contributed by atoms with van der Waals surface area (Å²) in [4.78, 5) is 21.2. The molecule has 0 bridgehead atoms. The zero-order valence-corrected chi connectivity index (χ0v) is 26.0. The van der Waals surface area contributed by atoms with E-state index in [-0.39, 0.29) is 24.5 Å². The molecule has 1 atom stereocenters. The number of methoxy groups -OCH3 is 1. The minimum atomic E-state index is -0.659. The predicted octanol–water partition coefficient (Wildman–Crippen LogP) is 5.41. The summed E-state index contributed by atoms with van der Waals surface area (Å²) in [5, 5.41) is 11.9. The van der Waals surface area contributed by atoms with Gasteiger partial charge in [0.25, 0.3) is 0 Å². The first-order chi connectivity index (χ1) is 19.6. The molecule has 226 valence electrons. The average molecular weight is 566 g/mol. The second-order valence-electron chi connectivity index (χ2n) is 12.5. The molecular formula is C34H51N3O4. The number of hydrogen-bond donors (Lipinski definition) is 2. The minimum absolute atomic E-state index is 0.0532. The Kier molecular flexibility index (Phi) is 12.9. The third-order valence-corrected chi connectivity index (χ3v) is 7.28. The largest absolute Gasteiger partial charge is 0.389 e. The first kappa shape index (κ1) is 32.8. The topological polar surface area (TPSA) is 78.0 Å². The number of aromatic amines is 1. The maximum atomic E-state index is 13.9. The third-order valence-electron chi connectivity index (χ3n) is 7.28. The first-order valence-electron chi connectivity index (χ1n) is 15.0. The summed E-state index contributed by atoms with van der Waals surface area (Å²) in [6.45, 7) is 14.7. The van der Waals surface area contributed by atoms with E-state index in [0.717, 1.165) is 23.9 Å². The number of rotatable bonds is 17. The summed E-state index contributed by atoms with van der Waals surface area (Å²) in [6, 6.07) is 16.9. The van der Waals surface area contributed by atoms with Gasteiger partial charge < -0.3 is 24.5 Å². The summed E-state index contributed by atoms with van der Waals surface area (Å²) in [5.74, 6) is 0.460. The normalized spacial score (nSPS) is 12.9. The van der Waals surface area contributed by atoms with Crippen LogP contribution in [-0.2, 0) is 32.6 Å². The number of para-hydroxylation sites is 1. The van der Waals surface area contributed by atoms with Gasteiger partial charge in [0.05, 0.1) is 19.3 Å². The lowest BCUT2D eigenvalue weighted by molar-refractivity contribution is -0.133. The van der Waals surface area contributed by atoms with Gasteiger partial charge in [-0.25, -0.2) is 0 Å². The maximum absolute atomic E-state index is 13.9. The molecule has 1 amide bonds. The molecule has 0 aliphatic carbocycles. The summed E-state index contributed by atoms with van der Waals surface area (Å²) in [7, 11) is 1.68. The highest BCUT2D eigenvalue weighted by Crippen LogP contribution is 2.23. The number of carbonyl (C=O) groups is 1. The number of amides is 1. The van der Waals surface area contributed by atoms with Crippen LogP contribution >= 0.6 is 0 Å². The Labute approximate surface area is 246 Å². The number of carbonyl (C=O) groups excluding carboxylic acids is 1. The van der Waals surface area contributed by atoms with Crippen molar-refractivity contribution < 1.29 is 19.4 Å². The molecule has 2 N–H and O–H groups in total. The number of nitrogens with zero attached hydrogens (tertiary/aromatic N) is 2. The molecule has 1 aromatic heterocycles. The van der Waals surface area contributed by atoms with Crippen LogP contribution in [0.15, 0.2) is 54.7 Å². The number of ether oxygens (including phenoxy) is 2. The van der Waals surface area contributed by atoms with E-state index in [2.05, 4.69) is 82.2 Å². The highest BCUT2D eigenvalue weighted by molar-refractivity contribution is 5.83. The molecule has 3 aromatic rings. The third kappa shape index (κ3) is 10.9. The molecule has 3 rings (SSSR count). The second-order valence-corrected chi connectivity index (χ2v) is 12.5. The molecule has 41 heavy (non-hydrogen) atoms. The highest BCUT2D eigenvalue weighted by Gasteiger charge is 2.21. The van der Waals surface area contributed by atoms with Crippen molar-refractivity contribution in [3.05, 3.63) is 71.4 Å². The molecule has 1 heterocycles. The number of benzene rings is 2. The Balaban J connectivity index is 1.74. The van der Waals surface area contributed by atoms with Crippen LogP contribution in [0.1, 0.15) is 57.7 Å². The van der Waals surface area contributed by atoms with E-state index in [1.165, 1.54) is 16.5 Å². The fourth-order valence-corrected chi connectivity index (χ4v) is 4.97. The number of fused-ring (bicyclic) bond motifs is 1. The quantitative estimate of drug-likeness (QED) is 0.214. The fourth-order valence-electron chi connectivity index (χ4n) is 4.97. The van der Waals surface area contributed by atoms with Gasteiger partial charge in [-0.2, -0.15) is 0 Å². The van der Waals surface area contributed by atoms with Crippen molar-refractivity contribution in [3.8, 4) is 0 Å². The lowest BCUT2D eigenvalue weighted by Gasteiger charge is -2.29. The van der Waals surface area contributed by atoms with Crippen LogP contribution in [0, 0.1) is 5.92 Å². The van der Waals surface area contributed by atoms with Crippen LogP contribution in [-0.4, -0.2) is 85.0 Å². The van der Waals surface area contributed by atoms with Gasteiger partial charge in [0.1, 0.15) is 0 Å². The van der Waals surface area contributed by atoms with Gasteiger partial charge in [-0.3, -0.25) is 9.69 Å². The Hall–Kier alpha value is -2.71. The molecule has 0 saturated heterocycles. The molecule has 0 aliphatic heterocycles. The first-order valence-corrected chi connectivity index (χ1v) is 15.0. The van der Waals surface area contributed by atoms with Crippen LogP contribution < -0.4 is 0 Å². The second kappa shape index (κ2) is 16.1. The van der Waals surface area contributed by atoms with E-state index < -0.39 is 6.10 Å². The SMILES string of the molecule is COCCCN(CC(=O)N(CCc1c[nH]c2ccccc12)Cc1ccc(C(C)(C)C)cc1)C[C@@H](O)COCC(C)C. The Morgan fingerprint density at radius 2 is 1.76 bits per heavy atom. The molecule has 0 spiro atoms. The smallest absolute Gasteiger partial charge is 0.237 e. The standard InChI is InChI=1S/C34H51N3O4/c1-26(2)24-41-25-30(38)22-36(17-9-19-40-6)23-33(39)37(21-27-12-14-29(15-13-27)34(3,4)5)18-16-28-20-35-32-11-8-7-10-31(28)32/h7-8,10-15,20,26,30,35,38H,9,16-19,21-25H2,1-6H3/t30-/m1/s1. The van der Waals surface area contributed by atoms with Crippen LogP contribution in [0.25, 0.3) is 10.9 Å². The summed E-state index contributed by atoms with van der Waals surface area (Å²) in [5.41, 5.74) is 4.77. The lowest BCUT2D eigenvalue weighted by atomic mass is 9.87. The summed E-state index contributed by atoms with van der Waals surface area (Å²) in [6.07, 6.45) is 2.93. The van der Waals surface area contributed by atoms with E-state index in [4.69, 9.17) is 9.47 Å². The molecule has 0 aliphatic rings. The van der Waals surface area contributed by atoms with Gasteiger partial charge in [0, 0.05) is 63.6 Å². The van der Waals surface area contributed by atoms with Crippen molar-refractivity contribution in [3.63, 3.8) is 0 Å².